The first-order valence-electron chi connectivity index (χ1n) is 11.6. The molecule has 1 unspecified atom stereocenters. The Morgan fingerprint density at radius 3 is 2.41 bits per heavy atom. The van der Waals surface area contributed by atoms with Crippen LogP contribution >= 0.6 is 22.9 Å². The van der Waals surface area contributed by atoms with Gasteiger partial charge in [-0.1, -0.05) is 11.6 Å². The number of nitrogens with zero attached hydrogens (tertiary/aromatic N) is 6. The molecule has 1 fully saturated rings. The van der Waals surface area contributed by atoms with Crippen LogP contribution in [0.5, 0.6) is 0 Å². The molecule has 206 valence electrons. The van der Waals surface area contributed by atoms with Gasteiger partial charge in [-0.2, -0.15) is 13.2 Å². The van der Waals surface area contributed by atoms with E-state index in [1.807, 2.05) is 4.90 Å². The molecule has 3 aromatic heterocycles. The summed E-state index contributed by atoms with van der Waals surface area (Å²) in [6, 6.07) is 1.59. The molecule has 0 radical (unpaired) electrons. The van der Waals surface area contributed by atoms with Crippen LogP contribution in [0, 0.1) is 0 Å². The molecular weight excluding hydrogens is 561 g/mol. The highest BCUT2D eigenvalue weighted by Crippen LogP contribution is 2.35. The van der Waals surface area contributed by atoms with Crippen LogP contribution in [0.2, 0.25) is 5.02 Å². The number of hydrogen-bond donors (Lipinski definition) is 2. The van der Waals surface area contributed by atoms with Gasteiger partial charge in [0.15, 0.2) is 0 Å². The highest BCUT2D eigenvalue weighted by atomic mass is 35.5. The second kappa shape index (κ2) is 11.5. The molecule has 2 N–H and O–H groups in total. The molecule has 1 aliphatic rings. The van der Waals surface area contributed by atoms with Crippen molar-refractivity contribution >= 4 is 52.3 Å². The van der Waals surface area contributed by atoms with E-state index < -0.39 is 34.6 Å². The molecule has 0 aliphatic carbocycles. The number of thiazole rings is 1. The summed E-state index contributed by atoms with van der Waals surface area (Å²) in [5.74, 6) is -0.962. The third-order valence-corrected chi connectivity index (χ3v) is 7.28. The number of rotatable bonds is 6. The predicted molar refractivity (Wildman–Crippen MR) is 137 cm³/mol. The molecule has 0 aromatic carbocycles. The number of aromatic nitrogens is 4. The maximum atomic E-state index is 13.1. The lowest BCUT2D eigenvalue weighted by Gasteiger charge is -2.34. The molecule has 0 spiro atoms. The van der Waals surface area contributed by atoms with E-state index in [-0.39, 0.29) is 22.3 Å². The van der Waals surface area contributed by atoms with Gasteiger partial charge in [0.25, 0.3) is 11.8 Å². The van der Waals surface area contributed by atoms with Gasteiger partial charge in [-0.25, -0.2) is 19.9 Å². The molecule has 1 saturated heterocycles. The topological polar surface area (TPSA) is 133 Å². The van der Waals surface area contributed by atoms with Crippen LogP contribution in [-0.2, 0) is 11.0 Å². The van der Waals surface area contributed by atoms with E-state index in [1.54, 1.807) is 17.9 Å². The van der Waals surface area contributed by atoms with Crippen molar-refractivity contribution < 1.29 is 27.6 Å². The number of hydrogen-bond acceptors (Lipinski definition) is 9. The van der Waals surface area contributed by atoms with Crippen LogP contribution in [0.1, 0.15) is 50.6 Å². The summed E-state index contributed by atoms with van der Waals surface area (Å²) in [6.45, 7) is 5.43. The average Bonchev–Trinajstić information content (AvgIpc) is 3.40. The number of anilines is 2. The van der Waals surface area contributed by atoms with Gasteiger partial charge in [0.2, 0.25) is 5.91 Å². The maximum Gasteiger partial charge on any atom is 0.418 e. The van der Waals surface area contributed by atoms with Crippen molar-refractivity contribution in [2.24, 2.45) is 0 Å². The van der Waals surface area contributed by atoms with E-state index in [1.165, 1.54) is 19.4 Å². The Bertz CT molecular complexity index is 1390. The number of pyridine rings is 1. The molecule has 39 heavy (non-hydrogen) atoms. The summed E-state index contributed by atoms with van der Waals surface area (Å²) in [5.41, 5.74) is -0.994. The summed E-state index contributed by atoms with van der Waals surface area (Å²) >= 11 is 6.52. The van der Waals surface area contributed by atoms with Crippen LogP contribution in [0.3, 0.4) is 0 Å². The van der Waals surface area contributed by atoms with Gasteiger partial charge in [-0.3, -0.25) is 14.4 Å². The first kappa shape index (κ1) is 28.2. The van der Waals surface area contributed by atoms with Gasteiger partial charge in [0.1, 0.15) is 33.5 Å². The Hall–Kier alpha value is -3.85. The minimum Gasteiger partial charge on any atom is -0.353 e. The minimum absolute atomic E-state index is 0.00598. The van der Waals surface area contributed by atoms with Crippen molar-refractivity contribution in [1.29, 1.82) is 0 Å². The van der Waals surface area contributed by atoms with E-state index in [9.17, 15) is 27.6 Å². The van der Waals surface area contributed by atoms with Gasteiger partial charge in [-0.15, -0.1) is 11.3 Å². The number of halogens is 4. The Morgan fingerprint density at radius 1 is 1.03 bits per heavy atom. The number of carbonyl (C=O) groups is 3. The molecule has 1 aliphatic heterocycles. The lowest BCUT2D eigenvalue weighted by Crippen LogP contribution is -2.48. The average molecular weight is 583 g/mol. The van der Waals surface area contributed by atoms with Crippen molar-refractivity contribution in [2.45, 2.75) is 26.1 Å². The van der Waals surface area contributed by atoms with Crippen LogP contribution in [0.15, 0.2) is 30.9 Å². The lowest BCUT2D eigenvalue weighted by molar-refractivity contribution is -0.137. The summed E-state index contributed by atoms with van der Waals surface area (Å²) < 4.78 is 39.2. The molecule has 4 rings (SSSR count). The summed E-state index contributed by atoms with van der Waals surface area (Å²) in [4.78, 5) is 56.9. The monoisotopic (exact) mass is 582 g/mol. The van der Waals surface area contributed by atoms with Crippen LogP contribution < -0.4 is 15.5 Å². The maximum absolute atomic E-state index is 13.1. The molecule has 3 aromatic rings. The standard InChI is InChI=1S/C23H22ClF3N8O3S/c1-12(32-20(37)16-8-19(31-11-30-16)35-5-3-34(4-6-35)13(2)36)22-29-10-17(39-22)21(38)33-18-7-14(23(25,26)27)15(24)9-28-18/h7-12H,3-6H2,1-2H3,(H,32,37)(H,28,33,38). The second-order valence-electron chi connectivity index (χ2n) is 8.51. The molecule has 3 amide bonds. The zero-order valence-electron chi connectivity index (χ0n) is 20.6. The van der Waals surface area contributed by atoms with Crippen LogP contribution in [-0.4, -0.2) is 68.7 Å². The SMILES string of the molecule is CC(=O)N1CCN(c2cc(C(=O)NC(C)c3ncc(C(=O)Nc4cc(C(F)(F)F)c(Cl)cn4)s3)ncn2)CC1. The third kappa shape index (κ3) is 6.78. The zero-order chi connectivity index (χ0) is 28.3. The highest BCUT2D eigenvalue weighted by molar-refractivity contribution is 7.13. The minimum atomic E-state index is -4.71. The van der Waals surface area contributed by atoms with Gasteiger partial charge in [0.05, 0.1) is 22.8 Å². The molecular formula is C23H22ClF3N8O3S. The van der Waals surface area contributed by atoms with Crippen molar-refractivity contribution in [3.05, 3.63) is 57.0 Å². The molecule has 0 bridgehead atoms. The summed E-state index contributed by atoms with van der Waals surface area (Å²) in [7, 11) is 0. The normalized spacial score (nSPS) is 14.6. The van der Waals surface area contributed by atoms with E-state index in [0.717, 1.165) is 17.5 Å². The molecule has 4 heterocycles. The van der Waals surface area contributed by atoms with Crippen molar-refractivity contribution in [3.8, 4) is 0 Å². The van der Waals surface area contributed by atoms with Crippen LogP contribution in [0.25, 0.3) is 0 Å². The smallest absolute Gasteiger partial charge is 0.353 e. The highest BCUT2D eigenvalue weighted by Gasteiger charge is 2.34. The van der Waals surface area contributed by atoms with Gasteiger partial charge in [0, 0.05) is 45.4 Å². The Morgan fingerprint density at radius 2 is 1.74 bits per heavy atom. The fraction of sp³-hybridized carbons (Fsp3) is 0.348. The largest absolute Gasteiger partial charge is 0.418 e. The fourth-order valence-electron chi connectivity index (χ4n) is 3.72. The van der Waals surface area contributed by atoms with Crippen molar-refractivity contribution in [1.82, 2.24) is 30.2 Å². The van der Waals surface area contributed by atoms with Crippen molar-refractivity contribution in [3.63, 3.8) is 0 Å². The predicted octanol–water partition coefficient (Wildman–Crippen LogP) is 3.41. The molecule has 0 saturated carbocycles. The molecule has 1 atom stereocenters. The molecule has 16 heteroatoms. The Kier molecular flexibility index (Phi) is 8.30. The van der Waals surface area contributed by atoms with Crippen molar-refractivity contribution in [2.75, 3.05) is 36.4 Å². The Labute approximate surface area is 229 Å². The summed E-state index contributed by atoms with van der Waals surface area (Å²) in [5, 5.41) is 4.86. The number of carbonyl (C=O) groups excluding carboxylic acids is 3. The first-order chi connectivity index (χ1) is 18.4. The zero-order valence-corrected chi connectivity index (χ0v) is 22.2. The van der Waals surface area contributed by atoms with E-state index in [0.29, 0.717) is 43.1 Å². The quantitative estimate of drug-likeness (QED) is 0.452. The van der Waals surface area contributed by atoms with Crippen LogP contribution in [0.4, 0.5) is 24.8 Å². The van der Waals surface area contributed by atoms with Gasteiger partial charge in [-0.05, 0) is 13.0 Å². The number of piperazine rings is 1. The Balaban J connectivity index is 1.38. The number of nitrogens with one attached hydrogen (secondary N) is 2. The number of amides is 3. The fourth-order valence-corrected chi connectivity index (χ4v) is 4.75. The van der Waals surface area contributed by atoms with E-state index in [2.05, 4.69) is 30.6 Å². The summed E-state index contributed by atoms with van der Waals surface area (Å²) in [6.07, 6.45) is -1.37. The number of alkyl halides is 3. The van der Waals surface area contributed by atoms with E-state index in [4.69, 9.17) is 11.6 Å². The second-order valence-corrected chi connectivity index (χ2v) is 9.98. The first-order valence-corrected chi connectivity index (χ1v) is 12.7. The third-order valence-electron chi connectivity index (χ3n) is 5.80. The molecule has 11 nitrogen and oxygen atoms in total. The lowest BCUT2D eigenvalue weighted by atomic mass is 10.2. The van der Waals surface area contributed by atoms with E-state index >= 15 is 0 Å². The van der Waals surface area contributed by atoms with Gasteiger partial charge >= 0.3 is 6.18 Å². The van der Waals surface area contributed by atoms with Gasteiger partial charge < -0.3 is 20.4 Å².